The van der Waals surface area contributed by atoms with Crippen molar-refractivity contribution in [3.63, 3.8) is 0 Å². The van der Waals surface area contributed by atoms with Crippen LogP contribution in [0.2, 0.25) is 0 Å². The first-order chi connectivity index (χ1) is 8.58. The number of ether oxygens (including phenoxy) is 2. The minimum absolute atomic E-state index is 0.0993. The van der Waals surface area contributed by atoms with Crippen LogP contribution >= 0.6 is 0 Å². The van der Waals surface area contributed by atoms with Crippen molar-refractivity contribution in [2.75, 3.05) is 18.5 Å². The molecule has 1 aliphatic heterocycles. The molecule has 5 heteroatoms. The lowest BCUT2D eigenvalue weighted by Gasteiger charge is -2.20. The van der Waals surface area contributed by atoms with Gasteiger partial charge in [0.2, 0.25) is 5.91 Å². The van der Waals surface area contributed by atoms with E-state index >= 15 is 0 Å². The number of fused-ring (bicyclic) bond motifs is 1. The Labute approximate surface area is 106 Å². The van der Waals surface area contributed by atoms with Crippen molar-refractivity contribution < 1.29 is 14.3 Å². The molecule has 1 aromatic rings. The van der Waals surface area contributed by atoms with E-state index in [-0.39, 0.29) is 11.8 Å². The Morgan fingerprint density at radius 3 is 2.61 bits per heavy atom. The third kappa shape index (κ3) is 2.73. The van der Waals surface area contributed by atoms with Gasteiger partial charge < -0.3 is 20.5 Å². The molecule has 1 atom stereocenters. The molecule has 0 fully saturated rings. The molecule has 98 valence electrons. The van der Waals surface area contributed by atoms with Crippen molar-refractivity contribution in [3.8, 4) is 11.5 Å². The Hall–Kier alpha value is -1.75. The largest absolute Gasteiger partial charge is 0.486 e. The molecule has 3 N–H and O–H groups in total. The molecule has 0 aromatic heterocycles. The number of nitrogens with one attached hydrogen (secondary N) is 1. The number of rotatable bonds is 3. The summed E-state index contributed by atoms with van der Waals surface area (Å²) in [6.45, 7) is 4.90. The SMILES string of the molecule is CC(C)[C@@H](N)C(=O)Nc1ccc2c(c1)OCCO2. The lowest BCUT2D eigenvalue weighted by atomic mass is 10.0. The molecule has 1 aliphatic rings. The summed E-state index contributed by atoms with van der Waals surface area (Å²) in [6.07, 6.45) is 0. The van der Waals surface area contributed by atoms with Crippen LogP contribution in [0.25, 0.3) is 0 Å². The fourth-order valence-electron chi connectivity index (χ4n) is 1.65. The van der Waals surface area contributed by atoms with Gasteiger partial charge in [0.15, 0.2) is 11.5 Å². The molecule has 0 saturated heterocycles. The van der Waals surface area contributed by atoms with E-state index < -0.39 is 6.04 Å². The Bertz CT molecular complexity index is 446. The lowest BCUT2D eigenvalue weighted by Crippen LogP contribution is -2.39. The quantitative estimate of drug-likeness (QED) is 0.850. The van der Waals surface area contributed by atoms with Crippen LogP contribution in [0.4, 0.5) is 5.69 Å². The third-order valence-corrected chi connectivity index (χ3v) is 2.83. The Kier molecular flexibility index (Phi) is 3.72. The van der Waals surface area contributed by atoms with Crippen molar-refractivity contribution >= 4 is 11.6 Å². The predicted octanol–water partition coefficient (Wildman–Crippen LogP) is 1.38. The van der Waals surface area contributed by atoms with Gasteiger partial charge in [0.05, 0.1) is 6.04 Å². The third-order valence-electron chi connectivity index (χ3n) is 2.83. The van der Waals surface area contributed by atoms with E-state index in [4.69, 9.17) is 15.2 Å². The Morgan fingerprint density at radius 1 is 1.28 bits per heavy atom. The fraction of sp³-hybridized carbons (Fsp3) is 0.462. The summed E-state index contributed by atoms with van der Waals surface area (Å²) in [5.41, 5.74) is 6.44. The van der Waals surface area contributed by atoms with Crippen molar-refractivity contribution in [1.29, 1.82) is 0 Å². The first-order valence-electron chi connectivity index (χ1n) is 6.04. The van der Waals surface area contributed by atoms with Crippen LogP contribution in [0.3, 0.4) is 0 Å². The molecule has 0 spiro atoms. The average molecular weight is 250 g/mol. The highest BCUT2D eigenvalue weighted by Gasteiger charge is 2.18. The van der Waals surface area contributed by atoms with E-state index in [0.29, 0.717) is 30.4 Å². The summed E-state index contributed by atoms with van der Waals surface area (Å²) in [5, 5.41) is 2.77. The minimum atomic E-state index is -0.516. The highest BCUT2D eigenvalue weighted by Crippen LogP contribution is 2.32. The van der Waals surface area contributed by atoms with Gasteiger partial charge in [-0.2, -0.15) is 0 Å². The Balaban J connectivity index is 2.08. The second-order valence-electron chi connectivity index (χ2n) is 4.62. The number of carbonyl (C=O) groups excluding carboxylic acids is 1. The van der Waals surface area contributed by atoms with Crippen molar-refractivity contribution in [1.82, 2.24) is 0 Å². The summed E-state index contributed by atoms with van der Waals surface area (Å²) < 4.78 is 10.9. The average Bonchev–Trinajstić information content (AvgIpc) is 2.37. The highest BCUT2D eigenvalue weighted by molar-refractivity contribution is 5.95. The maximum atomic E-state index is 11.8. The zero-order valence-corrected chi connectivity index (χ0v) is 10.6. The van der Waals surface area contributed by atoms with Crippen LogP contribution in [-0.4, -0.2) is 25.2 Å². The van der Waals surface area contributed by atoms with E-state index in [1.54, 1.807) is 18.2 Å². The number of hydrogen-bond acceptors (Lipinski definition) is 4. The van der Waals surface area contributed by atoms with Gasteiger partial charge in [0.1, 0.15) is 13.2 Å². The molecule has 18 heavy (non-hydrogen) atoms. The van der Waals surface area contributed by atoms with Gasteiger partial charge in [-0.1, -0.05) is 13.8 Å². The number of nitrogens with two attached hydrogens (primary N) is 1. The maximum Gasteiger partial charge on any atom is 0.241 e. The van der Waals surface area contributed by atoms with Gasteiger partial charge in [-0.05, 0) is 18.1 Å². The lowest BCUT2D eigenvalue weighted by molar-refractivity contribution is -0.118. The predicted molar refractivity (Wildman–Crippen MR) is 68.9 cm³/mol. The van der Waals surface area contributed by atoms with Crippen LogP contribution in [0.5, 0.6) is 11.5 Å². The van der Waals surface area contributed by atoms with Crippen LogP contribution in [0, 0.1) is 5.92 Å². The zero-order chi connectivity index (χ0) is 13.1. The summed E-state index contributed by atoms with van der Waals surface area (Å²) in [4.78, 5) is 11.8. The van der Waals surface area contributed by atoms with Crippen LogP contribution in [0.15, 0.2) is 18.2 Å². The van der Waals surface area contributed by atoms with Crippen molar-refractivity contribution in [2.24, 2.45) is 11.7 Å². The van der Waals surface area contributed by atoms with Gasteiger partial charge in [0, 0.05) is 11.8 Å². The highest BCUT2D eigenvalue weighted by atomic mass is 16.6. The number of carbonyl (C=O) groups is 1. The molecular formula is C13H18N2O3. The molecule has 1 amide bonds. The number of anilines is 1. The summed E-state index contributed by atoms with van der Waals surface area (Å²) in [5.74, 6) is 1.26. The van der Waals surface area contributed by atoms with E-state index in [0.717, 1.165) is 0 Å². The monoisotopic (exact) mass is 250 g/mol. The maximum absolute atomic E-state index is 11.8. The van der Waals surface area contributed by atoms with Crippen LogP contribution in [0.1, 0.15) is 13.8 Å². The summed E-state index contributed by atoms with van der Waals surface area (Å²) in [6, 6.07) is 4.79. The van der Waals surface area contributed by atoms with Crippen LogP contribution < -0.4 is 20.5 Å². The summed E-state index contributed by atoms with van der Waals surface area (Å²) in [7, 11) is 0. The van der Waals surface area contributed by atoms with Gasteiger partial charge in [-0.25, -0.2) is 0 Å². The first kappa shape index (κ1) is 12.7. The zero-order valence-electron chi connectivity index (χ0n) is 10.6. The molecule has 0 aliphatic carbocycles. The van der Waals surface area contributed by atoms with E-state index in [1.165, 1.54) is 0 Å². The molecule has 1 aromatic carbocycles. The van der Waals surface area contributed by atoms with E-state index in [9.17, 15) is 4.79 Å². The van der Waals surface area contributed by atoms with Gasteiger partial charge in [-0.15, -0.1) is 0 Å². The standard InChI is InChI=1S/C13H18N2O3/c1-8(2)12(14)13(16)15-9-3-4-10-11(7-9)18-6-5-17-10/h3-4,7-8,12H,5-6,14H2,1-2H3,(H,15,16)/t12-/m1/s1. The molecule has 1 heterocycles. The smallest absolute Gasteiger partial charge is 0.241 e. The molecule has 0 radical (unpaired) electrons. The topological polar surface area (TPSA) is 73.6 Å². The molecule has 0 unspecified atom stereocenters. The van der Waals surface area contributed by atoms with Crippen LogP contribution in [-0.2, 0) is 4.79 Å². The summed E-state index contributed by atoms with van der Waals surface area (Å²) >= 11 is 0. The number of hydrogen-bond donors (Lipinski definition) is 2. The molecule has 0 saturated carbocycles. The molecule has 2 rings (SSSR count). The van der Waals surface area contributed by atoms with Gasteiger partial charge >= 0.3 is 0 Å². The van der Waals surface area contributed by atoms with E-state index in [1.807, 2.05) is 13.8 Å². The molecular weight excluding hydrogens is 232 g/mol. The Morgan fingerprint density at radius 2 is 1.94 bits per heavy atom. The first-order valence-corrected chi connectivity index (χ1v) is 6.04. The van der Waals surface area contributed by atoms with E-state index in [2.05, 4.69) is 5.32 Å². The second kappa shape index (κ2) is 5.27. The second-order valence-corrected chi connectivity index (χ2v) is 4.62. The number of benzene rings is 1. The number of amides is 1. The molecule has 5 nitrogen and oxygen atoms in total. The van der Waals surface area contributed by atoms with Crippen molar-refractivity contribution in [3.05, 3.63) is 18.2 Å². The normalized spacial score (nSPS) is 15.3. The molecule has 0 bridgehead atoms. The fourth-order valence-corrected chi connectivity index (χ4v) is 1.65. The van der Waals surface area contributed by atoms with Crippen molar-refractivity contribution in [2.45, 2.75) is 19.9 Å². The minimum Gasteiger partial charge on any atom is -0.486 e. The van der Waals surface area contributed by atoms with Gasteiger partial charge in [0.25, 0.3) is 0 Å². The van der Waals surface area contributed by atoms with Gasteiger partial charge in [-0.3, -0.25) is 4.79 Å².